The Balaban J connectivity index is 1.33. The first-order chi connectivity index (χ1) is 15.8. The van der Waals surface area contributed by atoms with Crippen LogP contribution in [0.25, 0.3) is 27.8 Å². The van der Waals surface area contributed by atoms with Crippen LogP contribution < -0.4 is 15.0 Å². The molecule has 0 bridgehead atoms. The molecule has 0 spiro atoms. The fourth-order valence-corrected chi connectivity index (χ4v) is 4.68. The molecule has 1 saturated heterocycles. The molecule has 6 nitrogen and oxygen atoms in total. The van der Waals surface area contributed by atoms with Crippen LogP contribution in [0.2, 0.25) is 0 Å². The predicted molar refractivity (Wildman–Crippen MR) is 129 cm³/mol. The minimum atomic E-state index is 0.611. The molecular formula is C26H29N5O. The van der Waals surface area contributed by atoms with Gasteiger partial charge in [-0.2, -0.15) is 0 Å². The van der Waals surface area contributed by atoms with Gasteiger partial charge in [0, 0.05) is 30.6 Å². The highest BCUT2D eigenvalue weighted by Gasteiger charge is 2.22. The lowest BCUT2D eigenvalue weighted by atomic mass is 10.0. The SMILES string of the molecule is CNC1CCN(c2cccc3ccc(-n4cnc5cc(OCC6CC6)ccc54)nc23)CC1. The monoisotopic (exact) mass is 427 g/mol. The molecule has 2 fully saturated rings. The second-order valence-electron chi connectivity index (χ2n) is 9.09. The summed E-state index contributed by atoms with van der Waals surface area (Å²) in [5.41, 5.74) is 4.25. The van der Waals surface area contributed by atoms with Crippen molar-refractivity contribution in [2.75, 3.05) is 31.6 Å². The molecular weight excluding hydrogens is 398 g/mol. The number of nitrogens with zero attached hydrogens (tertiary/aromatic N) is 4. The Morgan fingerprint density at radius 3 is 2.72 bits per heavy atom. The van der Waals surface area contributed by atoms with E-state index < -0.39 is 0 Å². The van der Waals surface area contributed by atoms with E-state index in [1.807, 2.05) is 18.5 Å². The molecule has 1 aliphatic carbocycles. The van der Waals surface area contributed by atoms with Crippen molar-refractivity contribution >= 4 is 27.6 Å². The molecule has 1 saturated carbocycles. The number of aromatic nitrogens is 3. The molecule has 2 aromatic heterocycles. The average Bonchev–Trinajstić information content (AvgIpc) is 3.59. The van der Waals surface area contributed by atoms with Gasteiger partial charge in [-0.05, 0) is 69.0 Å². The number of nitrogens with one attached hydrogen (secondary N) is 1. The van der Waals surface area contributed by atoms with Crippen LogP contribution in [0.1, 0.15) is 25.7 Å². The molecule has 6 heteroatoms. The Hall–Kier alpha value is -3.12. The normalized spacial score (nSPS) is 17.3. The third kappa shape index (κ3) is 3.69. The molecule has 0 atom stereocenters. The standard InChI is InChI=1S/C26H29N5O/c1-27-20-11-13-30(14-12-20)24-4-2-3-19-7-10-25(29-26(19)24)31-17-28-22-15-21(8-9-23(22)31)32-16-18-5-6-18/h2-4,7-10,15,17-18,20,27H,5-6,11-14,16H2,1H3. The highest BCUT2D eigenvalue weighted by molar-refractivity contribution is 5.92. The number of rotatable bonds is 6. The van der Waals surface area contributed by atoms with Crippen molar-refractivity contribution in [3.63, 3.8) is 0 Å². The summed E-state index contributed by atoms with van der Waals surface area (Å²) in [6, 6.07) is 17.5. The Labute approximate surface area is 188 Å². The van der Waals surface area contributed by atoms with Gasteiger partial charge in [-0.25, -0.2) is 9.97 Å². The van der Waals surface area contributed by atoms with Gasteiger partial charge >= 0.3 is 0 Å². The van der Waals surface area contributed by atoms with Crippen LogP contribution in [0.4, 0.5) is 5.69 Å². The summed E-state index contributed by atoms with van der Waals surface area (Å²) < 4.78 is 8.01. The Morgan fingerprint density at radius 1 is 1.03 bits per heavy atom. The molecule has 4 aromatic rings. The van der Waals surface area contributed by atoms with Crippen LogP contribution in [-0.2, 0) is 0 Å². The van der Waals surface area contributed by atoms with Gasteiger partial charge in [0.2, 0.25) is 0 Å². The van der Waals surface area contributed by atoms with Crippen molar-refractivity contribution in [1.29, 1.82) is 0 Å². The van der Waals surface area contributed by atoms with E-state index in [-0.39, 0.29) is 0 Å². The number of piperidine rings is 1. The van der Waals surface area contributed by atoms with Gasteiger partial charge in [0.15, 0.2) is 0 Å². The number of imidazole rings is 1. The highest BCUT2D eigenvalue weighted by Crippen LogP contribution is 2.31. The van der Waals surface area contributed by atoms with Crippen LogP contribution >= 0.6 is 0 Å². The summed E-state index contributed by atoms with van der Waals surface area (Å²) in [6.45, 7) is 2.91. The maximum absolute atomic E-state index is 5.93. The van der Waals surface area contributed by atoms with E-state index in [2.05, 4.69) is 63.2 Å². The summed E-state index contributed by atoms with van der Waals surface area (Å²) in [5.74, 6) is 2.53. The van der Waals surface area contributed by atoms with Crippen molar-refractivity contribution < 1.29 is 4.74 Å². The van der Waals surface area contributed by atoms with Crippen LogP contribution in [0, 0.1) is 5.92 Å². The largest absolute Gasteiger partial charge is 0.493 e. The van der Waals surface area contributed by atoms with E-state index in [1.54, 1.807) is 0 Å². The van der Waals surface area contributed by atoms with Gasteiger partial charge in [-0.3, -0.25) is 4.57 Å². The molecule has 1 aliphatic heterocycles. The predicted octanol–water partition coefficient (Wildman–Crippen LogP) is 4.55. The minimum absolute atomic E-state index is 0.611. The van der Waals surface area contributed by atoms with E-state index in [0.29, 0.717) is 6.04 Å². The molecule has 1 N–H and O–H groups in total. The summed E-state index contributed by atoms with van der Waals surface area (Å²) in [4.78, 5) is 12.2. The van der Waals surface area contributed by atoms with Crippen molar-refractivity contribution in [2.45, 2.75) is 31.7 Å². The first-order valence-corrected chi connectivity index (χ1v) is 11.7. The topological polar surface area (TPSA) is 55.2 Å². The zero-order valence-electron chi connectivity index (χ0n) is 18.5. The van der Waals surface area contributed by atoms with Gasteiger partial charge in [0.1, 0.15) is 17.9 Å². The van der Waals surface area contributed by atoms with Gasteiger partial charge in [-0.15, -0.1) is 0 Å². The van der Waals surface area contributed by atoms with Crippen molar-refractivity contribution in [3.8, 4) is 11.6 Å². The highest BCUT2D eigenvalue weighted by atomic mass is 16.5. The van der Waals surface area contributed by atoms with E-state index in [0.717, 1.165) is 66.6 Å². The summed E-state index contributed by atoms with van der Waals surface area (Å²) >= 11 is 0. The second-order valence-corrected chi connectivity index (χ2v) is 9.09. The number of anilines is 1. The van der Waals surface area contributed by atoms with E-state index in [4.69, 9.17) is 9.72 Å². The van der Waals surface area contributed by atoms with Crippen molar-refractivity contribution in [1.82, 2.24) is 19.9 Å². The summed E-state index contributed by atoms with van der Waals surface area (Å²) in [6.07, 6.45) is 6.76. The van der Waals surface area contributed by atoms with Crippen LogP contribution in [0.3, 0.4) is 0 Å². The van der Waals surface area contributed by atoms with Gasteiger partial charge < -0.3 is 15.0 Å². The van der Waals surface area contributed by atoms with Crippen LogP contribution in [-0.4, -0.2) is 47.3 Å². The smallest absolute Gasteiger partial charge is 0.139 e. The Morgan fingerprint density at radius 2 is 1.91 bits per heavy atom. The third-order valence-corrected chi connectivity index (χ3v) is 6.88. The van der Waals surface area contributed by atoms with Crippen molar-refractivity contribution in [3.05, 3.63) is 54.9 Å². The number of pyridine rings is 1. The zero-order valence-corrected chi connectivity index (χ0v) is 18.5. The minimum Gasteiger partial charge on any atom is -0.493 e. The zero-order chi connectivity index (χ0) is 21.5. The Bertz CT molecular complexity index is 1250. The molecule has 2 aromatic carbocycles. The molecule has 0 radical (unpaired) electrons. The number of fused-ring (bicyclic) bond motifs is 2. The van der Waals surface area contributed by atoms with Gasteiger partial charge in [0.25, 0.3) is 0 Å². The average molecular weight is 428 g/mol. The maximum atomic E-state index is 5.93. The fourth-order valence-electron chi connectivity index (χ4n) is 4.68. The summed E-state index contributed by atoms with van der Waals surface area (Å²) in [5, 5.41) is 4.59. The Kier molecular flexibility index (Phi) is 4.95. The van der Waals surface area contributed by atoms with Crippen LogP contribution in [0.15, 0.2) is 54.9 Å². The third-order valence-electron chi connectivity index (χ3n) is 6.88. The molecule has 3 heterocycles. The number of hydrogen-bond acceptors (Lipinski definition) is 5. The van der Waals surface area contributed by atoms with Crippen LogP contribution in [0.5, 0.6) is 5.75 Å². The maximum Gasteiger partial charge on any atom is 0.139 e. The quantitative estimate of drug-likeness (QED) is 0.489. The van der Waals surface area contributed by atoms with Gasteiger partial charge in [0.05, 0.1) is 28.8 Å². The number of hydrogen-bond donors (Lipinski definition) is 1. The lowest BCUT2D eigenvalue weighted by Gasteiger charge is -2.33. The lowest BCUT2D eigenvalue weighted by molar-refractivity contribution is 0.300. The molecule has 0 unspecified atom stereocenters. The second kappa shape index (κ2) is 8.10. The lowest BCUT2D eigenvalue weighted by Crippen LogP contribution is -2.41. The first kappa shape index (κ1) is 19.6. The molecule has 0 amide bonds. The first-order valence-electron chi connectivity index (χ1n) is 11.7. The number of benzene rings is 2. The molecule has 164 valence electrons. The van der Waals surface area contributed by atoms with E-state index in [9.17, 15) is 0 Å². The van der Waals surface area contributed by atoms with Crippen molar-refractivity contribution in [2.24, 2.45) is 5.92 Å². The molecule has 2 aliphatic rings. The number of para-hydroxylation sites is 1. The van der Waals surface area contributed by atoms with E-state index in [1.165, 1.54) is 23.9 Å². The summed E-state index contributed by atoms with van der Waals surface area (Å²) in [7, 11) is 2.06. The molecule has 6 rings (SSSR count). The number of ether oxygens (including phenoxy) is 1. The van der Waals surface area contributed by atoms with E-state index >= 15 is 0 Å². The fraction of sp³-hybridized carbons (Fsp3) is 0.385. The van der Waals surface area contributed by atoms with Gasteiger partial charge in [-0.1, -0.05) is 12.1 Å². The molecule has 32 heavy (non-hydrogen) atoms.